The van der Waals surface area contributed by atoms with Crippen molar-refractivity contribution < 1.29 is 9.59 Å². The maximum atomic E-state index is 12.6. The predicted molar refractivity (Wildman–Crippen MR) is 114 cm³/mol. The molecule has 0 bridgehead atoms. The second kappa shape index (κ2) is 8.49. The standard InChI is InChI=1S/C20H25ClN4O2S/c1-20(2,3)18(27)23-19-22-15(13-28-19)12-17(26)25-10-8-24(9-11-25)16-6-4-14(21)5-7-16/h4-7,13H,8-12H2,1-3H3,(H,22,23,27). The van der Waals surface area contributed by atoms with E-state index in [2.05, 4.69) is 15.2 Å². The van der Waals surface area contributed by atoms with E-state index >= 15 is 0 Å². The topological polar surface area (TPSA) is 65.5 Å². The van der Waals surface area contributed by atoms with Crippen molar-refractivity contribution in [1.29, 1.82) is 0 Å². The lowest BCUT2D eigenvalue weighted by molar-refractivity contribution is -0.130. The van der Waals surface area contributed by atoms with Crippen molar-refractivity contribution in [1.82, 2.24) is 9.88 Å². The average molecular weight is 421 g/mol. The fraction of sp³-hybridized carbons (Fsp3) is 0.450. The zero-order valence-electron chi connectivity index (χ0n) is 16.4. The first-order valence-corrected chi connectivity index (χ1v) is 10.5. The van der Waals surface area contributed by atoms with Crippen molar-refractivity contribution in [3.8, 4) is 0 Å². The Labute approximate surface area is 174 Å². The molecule has 150 valence electrons. The molecule has 0 saturated carbocycles. The van der Waals surface area contributed by atoms with Gasteiger partial charge in [0.2, 0.25) is 11.8 Å². The van der Waals surface area contributed by atoms with Crippen LogP contribution >= 0.6 is 22.9 Å². The first-order chi connectivity index (χ1) is 13.2. The smallest absolute Gasteiger partial charge is 0.231 e. The number of hydrogen-bond donors (Lipinski definition) is 1. The van der Waals surface area contributed by atoms with Gasteiger partial charge in [0.25, 0.3) is 0 Å². The van der Waals surface area contributed by atoms with Gasteiger partial charge in [-0.15, -0.1) is 11.3 Å². The Morgan fingerprint density at radius 1 is 1.14 bits per heavy atom. The van der Waals surface area contributed by atoms with E-state index in [0.717, 1.165) is 23.8 Å². The molecule has 1 saturated heterocycles. The Morgan fingerprint density at radius 3 is 2.39 bits per heavy atom. The summed E-state index contributed by atoms with van der Waals surface area (Å²) in [5.74, 6) is -0.0206. The molecule has 0 aliphatic carbocycles. The van der Waals surface area contributed by atoms with Gasteiger partial charge >= 0.3 is 0 Å². The number of carbonyl (C=O) groups excluding carboxylic acids is 2. The van der Waals surface area contributed by atoms with Crippen LogP contribution in [0.2, 0.25) is 5.02 Å². The Kier molecular flexibility index (Phi) is 6.25. The van der Waals surface area contributed by atoms with Gasteiger partial charge in [-0.05, 0) is 24.3 Å². The molecule has 1 aromatic heterocycles. The molecular formula is C20H25ClN4O2S. The minimum atomic E-state index is -0.481. The fourth-order valence-electron chi connectivity index (χ4n) is 2.86. The molecule has 28 heavy (non-hydrogen) atoms. The number of carbonyl (C=O) groups is 2. The highest BCUT2D eigenvalue weighted by Gasteiger charge is 2.24. The number of nitrogens with one attached hydrogen (secondary N) is 1. The number of halogens is 1. The lowest BCUT2D eigenvalue weighted by Crippen LogP contribution is -2.49. The molecule has 1 aliphatic rings. The van der Waals surface area contributed by atoms with Crippen LogP contribution in [0.5, 0.6) is 0 Å². The van der Waals surface area contributed by atoms with E-state index < -0.39 is 5.41 Å². The highest BCUT2D eigenvalue weighted by molar-refractivity contribution is 7.13. The Bertz CT molecular complexity index is 837. The number of anilines is 2. The van der Waals surface area contributed by atoms with E-state index in [1.54, 1.807) is 0 Å². The van der Waals surface area contributed by atoms with E-state index in [9.17, 15) is 9.59 Å². The maximum Gasteiger partial charge on any atom is 0.231 e. The molecule has 0 atom stereocenters. The van der Waals surface area contributed by atoms with Crippen molar-refractivity contribution in [2.45, 2.75) is 27.2 Å². The van der Waals surface area contributed by atoms with Gasteiger partial charge in [-0.25, -0.2) is 4.98 Å². The van der Waals surface area contributed by atoms with Crippen LogP contribution in [0, 0.1) is 5.41 Å². The molecule has 0 radical (unpaired) electrons. The molecule has 0 unspecified atom stereocenters. The molecule has 1 N–H and O–H groups in total. The lowest BCUT2D eigenvalue weighted by Gasteiger charge is -2.36. The van der Waals surface area contributed by atoms with Gasteiger partial charge < -0.3 is 15.1 Å². The largest absolute Gasteiger partial charge is 0.368 e. The number of amides is 2. The zero-order chi connectivity index (χ0) is 20.3. The minimum Gasteiger partial charge on any atom is -0.368 e. The van der Waals surface area contributed by atoms with Gasteiger partial charge in [0, 0.05) is 47.7 Å². The van der Waals surface area contributed by atoms with Crippen molar-refractivity contribution in [2.75, 3.05) is 36.4 Å². The van der Waals surface area contributed by atoms with Crippen LogP contribution in [0.4, 0.5) is 10.8 Å². The monoisotopic (exact) mass is 420 g/mol. The summed E-state index contributed by atoms with van der Waals surface area (Å²) in [6.07, 6.45) is 0.253. The van der Waals surface area contributed by atoms with Crippen LogP contribution in [0.3, 0.4) is 0 Å². The fourth-order valence-corrected chi connectivity index (χ4v) is 3.69. The molecule has 0 spiro atoms. The summed E-state index contributed by atoms with van der Waals surface area (Å²) in [4.78, 5) is 33.2. The van der Waals surface area contributed by atoms with E-state index in [0.29, 0.717) is 23.9 Å². The third kappa shape index (κ3) is 5.23. The van der Waals surface area contributed by atoms with Gasteiger partial charge in [-0.2, -0.15) is 0 Å². The van der Waals surface area contributed by atoms with Crippen LogP contribution in [0.15, 0.2) is 29.6 Å². The number of rotatable bonds is 4. The summed E-state index contributed by atoms with van der Waals surface area (Å²) in [5.41, 5.74) is 1.33. The average Bonchev–Trinajstić information content (AvgIpc) is 3.08. The second-order valence-corrected chi connectivity index (χ2v) is 9.16. The van der Waals surface area contributed by atoms with E-state index in [4.69, 9.17) is 11.6 Å². The summed E-state index contributed by atoms with van der Waals surface area (Å²) in [6.45, 7) is 8.49. The first kappa shape index (κ1) is 20.6. The van der Waals surface area contributed by atoms with Gasteiger partial charge in [0.05, 0.1) is 12.1 Å². The molecule has 1 aromatic carbocycles. The van der Waals surface area contributed by atoms with Crippen LogP contribution in [-0.2, 0) is 16.0 Å². The van der Waals surface area contributed by atoms with Gasteiger partial charge in [-0.3, -0.25) is 9.59 Å². The first-order valence-electron chi connectivity index (χ1n) is 9.26. The van der Waals surface area contributed by atoms with Crippen molar-refractivity contribution in [3.63, 3.8) is 0 Å². The highest BCUT2D eigenvalue weighted by Crippen LogP contribution is 2.22. The molecule has 1 aliphatic heterocycles. The molecule has 2 aromatic rings. The third-order valence-corrected chi connectivity index (χ3v) is 5.67. The van der Waals surface area contributed by atoms with Gasteiger partial charge in [-0.1, -0.05) is 32.4 Å². The molecule has 6 nitrogen and oxygen atoms in total. The number of piperazine rings is 1. The number of thiazole rings is 1. The van der Waals surface area contributed by atoms with Gasteiger partial charge in [0.1, 0.15) is 0 Å². The van der Waals surface area contributed by atoms with Crippen molar-refractivity contribution >= 4 is 45.6 Å². The molecule has 3 rings (SSSR count). The summed E-state index contributed by atoms with van der Waals surface area (Å²) < 4.78 is 0. The Hall–Kier alpha value is -2.12. The summed E-state index contributed by atoms with van der Waals surface area (Å²) in [6, 6.07) is 7.77. The van der Waals surface area contributed by atoms with Crippen molar-refractivity contribution in [2.24, 2.45) is 5.41 Å². The summed E-state index contributed by atoms with van der Waals surface area (Å²) in [7, 11) is 0. The molecule has 2 amide bonds. The summed E-state index contributed by atoms with van der Waals surface area (Å²) >= 11 is 7.29. The Morgan fingerprint density at radius 2 is 1.79 bits per heavy atom. The van der Waals surface area contributed by atoms with Crippen molar-refractivity contribution in [3.05, 3.63) is 40.4 Å². The van der Waals surface area contributed by atoms with Crippen LogP contribution in [0.1, 0.15) is 26.5 Å². The van der Waals surface area contributed by atoms with E-state index in [1.165, 1.54) is 11.3 Å². The second-order valence-electron chi connectivity index (χ2n) is 7.87. The van der Waals surface area contributed by atoms with E-state index in [1.807, 2.05) is 55.3 Å². The molecule has 1 fully saturated rings. The molecular weight excluding hydrogens is 396 g/mol. The van der Waals surface area contributed by atoms with Crippen LogP contribution in [0.25, 0.3) is 0 Å². The minimum absolute atomic E-state index is 0.0646. The van der Waals surface area contributed by atoms with E-state index in [-0.39, 0.29) is 18.2 Å². The molecule has 8 heteroatoms. The molecule has 2 heterocycles. The number of aromatic nitrogens is 1. The third-order valence-electron chi connectivity index (χ3n) is 4.61. The zero-order valence-corrected chi connectivity index (χ0v) is 17.9. The SMILES string of the molecule is CC(C)(C)C(=O)Nc1nc(CC(=O)N2CCN(c3ccc(Cl)cc3)CC2)cs1. The van der Waals surface area contributed by atoms with Crippen LogP contribution < -0.4 is 10.2 Å². The number of nitrogens with zero attached hydrogens (tertiary/aromatic N) is 3. The number of benzene rings is 1. The highest BCUT2D eigenvalue weighted by atomic mass is 35.5. The summed E-state index contributed by atoms with van der Waals surface area (Å²) in [5, 5.41) is 5.90. The number of hydrogen-bond acceptors (Lipinski definition) is 5. The van der Waals surface area contributed by atoms with Gasteiger partial charge in [0.15, 0.2) is 5.13 Å². The Balaban J connectivity index is 1.51. The quantitative estimate of drug-likeness (QED) is 0.819. The normalized spacial score (nSPS) is 14.9. The maximum absolute atomic E-state index is 12.6. The van der Waals surface area contributed by atoms with Crippen LogP contribution in [-0.4, -0.2) is 47.9 Å². The lowest BCUT2D eigenvalue weighted by atomic mass is 9.96. The predicted octanol–water partition coefficient (Wildman–Crippen LogP) is 3.67.